The average molecular weight is 357 g/mol. The Kier molecular flexibility index (Phi) is 70.8. The predicted molar refractivity (Wildman–Crippen MR) is 0 cm³/mol. The summed E-state index contributed by atoms with van der Waals surface area (Å²) in [5.41, 5.74) is 0. The molecule has 9 nitrogen and oxygen atoms in total. The fourth-order valence-electron chi connectivity index (χ4n) is 0. The fraction of sp³-hybridized carbons (Fsp3) is 0. The molecule has 0 unspecified atom stereocenters. The third-order valence-corrected chi connectivity index (χ3v) is 0. The summed E-state index contributed by atoms with van der Waals surface area (Å²) >= 11 is 0. The Bertz CT molecular complexity index is 43.1. The highest BCUT2D eigenvalue weighted by Crippen LogP contribution is 1.24. The summed E-state index contributed by atoms with van der Waals surface area (Å²) < 4.78 is 75.7. The van der Waals surface area contributed by atoms with Crippen LogP contribution in [0.5, 0.6) is 0 Å². The molecule has 0 bridgehead atoms. The Labute approximate surface area is 111 Å². The first-order chi connectivity index (χ1) is 5.20. The van der Waals surface area contributed by atoms with E-state index < -0.39 is 32.4 Å². The summed E-state index contributed by atoms with van der Waals surface area (Å²) in [4.78, 5) is 0. The van der Waals surface area contributed by atoms with E-state index >= 15 is 0 Å². The van der Waals surface area contributed by atoms with E-state index in [1.165, 1.54) is 0 Å². The number of rotatable bonds is 0. The Hall–Kier alpha value is 1.38. The molecule has 0 aliphatic heterocycles. The molecule has 15 heavy (non-hydrogen) atoms. The Morgan fingerprint density at radius 2 is 0.333 bits per heavy atom. The monoisotopic (exact) mass is 354 g/mol. The molecule has 0 aliphatic carbocycles. The molecule has 0 fully saturated rings. The number of hydrogen-bond donors (Lipinski definition) is 0. The summed E-state index contributed by atoms with van der Waals surface area (Å²) in [6, 6.07) is 0. The molecule has 15 heteroatoms. The third-order valence-electron chi connectivity index (χ3n) is 0. The van der Waals surface area contributed by atoms with Gasteiger partial charge in [0.1, 0.15) is 0 Å². The van der Waals surface area contributed by atoms with Crippen molar-refractivity contribution in [3.8, 4) is 0 Å². The van der Waals surface area contributed by atoms with E-state index in [1.54, 1.807) is 0 Å². The molecule has 0 amide bonds. The van der Waals surface area contributed by atoms with E-state index in [0.29, 0.717) is 0 Å². The molecule has 0 saturated carbocycles. The van der Waals surface area contributed by atoms with Crippen molar-refractivity contribution in [1.29, 1.82) is 0 Å². The zero-order valence-electron chi connectivity index (χ0n) is 5.94. The smallest absolute Gasteiger partial charge is 0.357 e. The number of hydrogen-bond acceptors (Lipinski definition) is 9. The van der Waals surface area contributed by atoms with Crippen LogP contribution in [0.15, 0.2) is 0 Å². The SMILES string of the molecule is [Cl+].[Cl+].[Cl+].[O-][Cl+2]([O-])[O-].[O-][Cl+2]([O-])[O-].[O-][Cl+2]([O-])[O-]. The Morgan fingerprint density at radius 1 is 0.333 bits per heavy atom. The van der Waals surface area contributed by atoms with Gasteiger partial charge in [-0.25, -0.2) is 0 Å². The minimum atomic E-state index is -2.85. The lowest BCUT2D eigenvalue weighted by Gasteiger charge is -1.89. The first-order valence-corrected chi connectivity index (χ1v) is 4.17. The van der Waals surface area contributed by atoms with Gasteiger partial charge in [-0.3, -0.25) is 0 Å². The molecule has 0 rings (SSSR count). The molecule has 0 saturated heterocycles. The second-order valence-electron chi connectivity index (χ2n) is 0.567. The van der Waals surface area contributed by atoms with Crippen LogP contribution in [0.2, 0.25) is 0 Å². The van der Waals surface area contributed by atoms with Gasteiger partial charge in [-0.05, 0) is 0 Å². The van der Waals surface area contributed by atoms with Gasteiger partial charge in [0.05, 0.1) is 32.4 Å². The minimum Gasteiger partial charge on any atom is -0.357 e. The minimum absolute atomic E-state index is 0. The van der Waals surface area contributed by atoms with Gasteiger partial charge in [0.15, 0.2) is 0 Å². The highest BCUT2D eigenvalue weighted by Gasteiger charge is 1.61. The molecule has 0 aliphatic rings. The molecule has 0 spiro atoms. The van der Waals surface area contributed by atoms with E-state index in [4.69, 9.17) is 41.9 Å². The largest absolute Gasteiger partial charge is 1.00 e. The standard InChI is InChI=1S/3ClO3.3Cl/c3*2-1(3)4;;;/q3*-1;3*+1. The Morgan fingerprint density at radius 3 is 0.333 bits per heavy atom. The van der Waals surface area contributed by atoms with Crippen molar-refractivity contribution in [1.82, 2.24) is 0 Å². The average Bonchev–Trinajstić information content (AvgIpc) is 1.54. The van der Waals surface area contributed by atoms with E-state index in [0.717, 1.165) is 0 Å². The van der Waals surface area contributed by atoms with Crippen LogP contribution < -0.4 is 41.9 Å². The van der Waals surface area contributed by atoms with Gasteiger partial charge in [-0.1, -0.05) is 0 Å². The van der Waals surface area contributed by atoms with Crippen LogP contribution in [0.1, 0.15) is 0 Å². The van der Waals surface area contributed by atoms with Crippen LogP contribution in [-0.4, -0.2) is 0 Å². The van der Waals surface area contributed by atoms with Crippen LogP contribution in [0.3, 0.4) is 0 Å². The van der Waals surface area contributed by atoms with Crippen LogP contribution in [0.4, 0.5) is 0 Å². The fourth-order valence-corrected chi connectivity index (χ4v) is 0. The molecule has 0 atom stereocenters. The van der Waals surface area contributed by atoms with Gasteiger partial charge in [-0.2, -0.15) is 0 Å². The van der Waals surface area contributed by atoms with E-state index in [1.807, 2.05) is 0 Å². The molecule has 0 aromatic rings. The van der Waals surface area contributed by atoms with Crippen LogP contribution in [0, 0.1) is 69.6 Å². The van der Waals surface area contributed by atoms with E-state index in [9.17, 15) is 0 Å². The van der Waals surface area contributed by atoms with Gasteiger partial charge < -0.3 is 41.9 Å². The molecule has 6 radical (unpaired) electrons. The summed E-state index contributed by atoms with van der Waals surface area (Å²) in [6.07, 6.45) is 0. The summed E-state index contributed by atoms with van der Waals surface area (Å²) in [5, 5.41) is 0. The zero-order valence-corrected chi connectivity index (χ0v) is 10.5. The van der Waals surface area contributed by atoms with Crippen LogP contribution in [0.25, 0.3) is 0 Å². The first kappa shape index (κ1) is 36.0. The van der Waals surface area contributed by atoms with E-state index in [-0.39, 0.29) is 37.2 Å². The van der Waals surface area contributed by atoms with Crippen LogP contribution >= 0.6 is 0 Å². The van der Waals surface area contributed by atoms with Crippen molar-refractivity contribution in [2.75, 3.05) is 0 Å². The molecule has 0 N–H and O–H groups in total. The Balaban J connectivity index is -0.0000000184. The lowest BCUT2D eigenvalue weighted by molar-refractivity contribution is -1.73. The topological polar surface area (TPSA) is 208 Å². The molecule has 96 valence electrons. The number of halogens is 6. The maximum absolute atomic E-state index is 8.41. The van der Waals surface area contributed by atoms with Gasteiger partial charge in [0.25, 0.3) is 0 Å². The summed E-state index contributed by atoms with van der Waals surface area (Å²) in [5.74, 6) is 0. The van der Waals surface area contributed by atoms with Crippen molar-refractivity contribution < 1.29 is 112 Å². The molecule has 0 aromatic heterocycles. The molecule has 0 aromatic carbocycles. The van der Waals surface area contributed by atoms with Crippen molar-refractivity contribution in [3.63, 3.8) is 0 Å². The van der Waals surface area contributed by atoms with E-state index in [2.05, 4.69) is 0 Å². The highest BCUT2D eigenvalue weighted by atomic mass is 35.6. The quantitative estimate of drug-likeness (QED) is 0.402. The maximum Gasteiger partial charge on any atom is 1.00 e. The predicted octanol–water partition coefficient (Wildman–Crippen LogP) is -10.7. The summed E-state index contributed by atoms with van der Waals surface area (Å²) in [7, 11) is -8.56. The molecular formula is Cl6O9. The highest BCUT2D eigenvalue weighted by molar-refractivity contribution is 1.74. The van der Waals surface area contributed by atoms with Crippen molar-refractivity contribution in [2.24, 2.45) is 0 Å². The van der Waals surface area contributed by atoms with Gasteiger partial charge in [0, 0.05) is 0 Å². The van der Waals surface area contributed by atoms with Crippen molar-refractivity contribution >= 4 is 0 Å². The third kappa shape index (κ3) is 1450. The molecular weight excluding hydrogens is 357 g/mol. The molecule has 0 heterocycles. The van der Waals surface area contributed by atoms with Crippen molar-refractivity contribution in [3.05, 3.63) is 0 Å². The maximum atomic E-state index is 8.41. The van der Waals surface area contributed by atoms with Crippen molar-refractivity contribution in [2.45, 2.75) is 0 Å². The van der Waals surface area contributed by atoms with Crippen LogP contribution in [-0.2, 0) is 0 Å². The normalized spacial score (nSPS) is 7.20. The second-order valence-corrected chi connectivity index (χ2v) is 1.70. The first-order valence-electron chi connectivity index (χ1n) is 1.39. The lowest BCUT2D eigenvalue weighted by Crippen LogP contribution is -2.43. The van der Waals surface area contributed by atoms with Gasteiger partial charge >= 0.3 is 37.2 Å². The second kappa shape index (κ2) is 29.5. The zero-order chi connectivity index (χ0) is 10.7. The van der Waals surface area contributed by atoms with Gasteiger partial charge in [0.2, 0.25) is 0 Å². The van der Waals surface area contributed by atoms with Gasteiger partial charge in [-0.15, -0.1) is 0 Å². The lowest BCUT2D eigenvalue weighted by atomic mass is 15.8. The summed E-state index contributed by atoms with van der Waals surface area (Å²) in [6.45, 7) is 0.